The van der Waals surface area contributed by atoms with Gasteiger partial charge in [0, 0.05) is 6.54 Å². The maximum Gasteiger partial charge on any atom is 0.237 e. The van der Waals surface area contributed by atoms with E-state index in [9.17, 15) is 4.79 Å². The van der Waals surface area contributed by atoms with E-state index in [1.807, 2.05) is 0 Å². The van der Waals surface area contributed by atoms with Gasteiger partial charge in [0.25, 0.3) is 0 Å². The summed E-state index contributed by atoms with van der Waals surface area (Å²) in [4.78, 5) is 11.2. The van der Waals surface area contributed by atoms with Gasteiger partial charge in [-0.2, -0.15) is 0 Å². The van der Waals surface area contributed by atoms with Crippen LogP contribution in [-0.4, -0.2) is 17.8 Å². The molecule has 0 aromatic heterocycles. The van der Waals surface area contributed by atoms with Crippen LogP contribution < -0.4 is 5.32 Å². The summed E-state index contributed by atoms with van der Waals surface area (Å²) in [6.45, 7) is 8.85. The van der Waals surface area contributed by atoms with Crippen LogP contribution in [0.5, 0.6) is 0 Å². The first kappa shape index (κ1) is 12.8. The lowest BCUT2D eigenvalue weighted by Crippen LogP contribution is -2.38. The van der Waals surface area contributed by atoms with Crippen LogP contribution in [0.15, 0.2) is 0 Å². The number of hydrogen-bond acceptors (Lipinski definition) is 1. The highest BCUT2D eigenvalue weighted by Crippen LogP contribution is 2.23. The Morgan fingerprint density at radius 3 is 2.23 bits per heavy atom. The number of carbonyl (C=O) groups excluding carboxylic acids is 1. The van der Waals surface area contributed by atoms with Crippen LogP contribution in [0.4, 0.5) is 0 Å². The van der Waals surface area contributed by atoms with Crippen molar-refractivity contribution in [3.05, 3.63) is 0 Å². The van der Waals surface area contributed by atoms with Gasteiger partial charge in [-0.25, -0.2) is 0 Å². The molecule has 78 valence electrons. The molecule has 0 heterocycles. The first-order valence-electron chi connectivity index (χ1n) is 4.87. The van der Waals surface area contributed by atoms with Crippen molar-refractivity contribution in [3.8, 4) is 0 Å². The first-order valence-corrected chi connectivity index (χ1v) is 5.30. The fourth-order valence-corrected chi connectivity index (χ4v) is 1.02. The minimum absolute atomic E-state index is 0.0743. The molecule has 3 heteroatoms. The number of rotatable bonds is 5. The standard InChI is InChI=1S/C10H20ClNO/c1-5-10(4,6-2)7-12-9(13)8(3)11/h8H,5-7H2,1-4H3,(H,12,13)/t8-/m0/s1. The second-order valence-corrected chi connectivity index (χ2v) is 4.51. The van der Waals surface area contributed by atoms with Gasteiger partial charge < -0.3 is 5.32 Å². The Balaban J connectivity index is 3.92. The molecule has 0 rings (SSSR count). The second-order valence-electron chi connectivity index (χ2n) is 3.85. The number of hydrogen-bond donors (Lipinski definition) is 1. The van der Waals surface area contributed by atoms with Gasteiger partial charge in [-0.1, -0.05) is 20.8 Å². The lowest BCUT2D eigenvalue weighted by molar-refractivity contribution is -0.120. The fraction of sp³-hybridized carbons (Fsp3) is 0.900. The van der Waals surface area contributed by atoms with Crippen molar-refractivity contribution in [2.75, 3.05) is 6.54 Å². The Morgan fingerprint density at radius 2 is 1.92 bits per heavy atom. The summed E-state index contributed by atoms with van der Waals surface area (Å²) in [6.07, 6.45) is 2.14. The minimum atomic E-state index is -0.432. The molecule has 0 saturated heterocycles. The van der Waals surface area contributed by atoms with Gasteiger partial charge in [0.1, 0.15) is 5.38 Å². The molecule has 1 atom stereocenters. The Hall–Kier alpha value is -0.240. The summed E-state index contributed by atoms with van der Waals surface area (Å²) in [5.41, 5.74) is 0.210. The molecule has 0 aromatic carbocycles. The van der Waals surface area contributed by atoms with E-state index < -0.39 is 5.38 Å². The molecular weight excluding hydrogens is 186 g/mol. The molecular formula is C10H20ClNO. The predicted molar refractivity (Wildman–Crippen MR) is 57.0 cm³/mol. The highest BCUT2D eigenvalue weighted by Gasteiger charge is 2.21. The topological polar surface area (TPSA) is 29.1 Å². The van der Waals surface area contributed by atoms with Crippen LogP contribution in [0.3, 0.4) is 0 Å². The van der Waals surface area contributed by atoms with E-state index in [0.717, 1.165) is 19.4 Å². The number of carbonyl (C=O) groups is 1. The zero-order valence-corrected chi connectivity index (χ0v) is 9.74. The van der Waals surface area contributed by atoms with Crippen LogP contribution in [0, 0.1) is 5.41 Å². The van der Waals surface area contributed by atoms with E-state index in [4.69, 9.17) is 11.6 Å². The van der Waals surface area contributed by atoms with Crippen LogP contribution in [-0.2, 0) is 4.79 Å². The molecule has 0 radical (unpaired) electrons. The fourth-order valence-electron chi connectivity index (χ4n) is 0.941. The van der Waals surface area contributed by atoms with Crippen molar-refractivity contribution in [2.24, 2.45) is 5.41 Å². The summed E-state index contributed by atoms with van der Waals surface area (Å²) < 4.78 is 0. The van der Waals surface area contributed by atoms with Crippen molar-refractivity contribution >= 4 is 17.5 Å². The molecule has 0 saturated carbocycles. The van der Waals surface area contributed by atoms with E-state index in [1.165, 1.54) is 0 Å². The van der Waals surface area contributed by atoms with Gasteiger partial charge in [-0.3, -0.25) is 4.79 Å². The molecule has 0 bridgehead atoms. The van der Waals surface area contributed by atoms with Crippen molar-refractivity contribution in [1.82, 2.24) is 5.32 Å². The average molecular weight is 206 g/mol. The van der Waals surface area contributed by atoms with E-state index in [1.54, 1.807) is 6.92 Å². The van der Waals surface area contributed by atoms with Crippen LogP contribution in [0.2, 0.25) is 0 Å². The number of nitrogens with one attached hydrogen (secondary N) is 1. The monoisotopic (exact) mass is 205 g/mol. The van der Waals surface area contributed by atoms with Gasteiger partial charge in [0.2, 0.25) is 5.91 Å². The van der Waals surface area contributed by atoms with Crippen molar-refractivity contribution < 1.29 is 4.79 Å². The first-order chi connectivity index (χ1) is 5.95. The third kappa shape index (κ3) is 4.51. The smallest absolute Gasteiger partial charge is 0.237 e. The van der Waals surface area contributed by atoms with E-state index in [2.05, 4.69) is 26.1 Å². The third-order valence-electron chi connectivity index (χ3n) is 2.76. The molecule has 1 N–H and O–H groups in total. The van der Waals surface area contributed by atoms with Crippen molar-refractivity contribution in [3.63, 3.8) is 0 Å². The summed E-state index contributed by atoms with van der Waals surface area (Å²) in [6, 6.07) is 0. The molecule has 0 aliphatic heterocycles. The summed E-state index contributed by atoms with van der Waals surface area (Å²) in [5, 5.41) is 2.42. The summed E-state index contributed by atoms with van der Waals surface area (Å²) in [5.74, 6) is -0.0743. The molecule has 0 aromatic rings. The normalized spacial score (nSPS) is 13.9. The average Bonchev–Trinajstić information content (AvgIpc) is 2.13. The number of alkyl halides is 1. The van der Waals surface area contributed by atoms with Gasteiger partial charge in [-0.05, 0) is 25.2 Å². The predicted octanol–water partition coefficient (Wildman–Crippen LogP) is 2.56. The van der Waals surface area contributed by atoms with Crippen LogP contribution >= 0.6 is 11.6 Å². The number of amides is 1. The van der Waals surface area contributed by atoms with E-state index in [0.29, 0.717) is 0 Å². The zero-order chi connectivity index (χ0) is 10.5. The molecule has 0 unspecified atom stereocenters. The Kier molecular flexibility index (Phi) is 5.38. The largest absolute Gasteiger partial charge is 0.354 e. The molecule has 0 spiro atoms. The number of halogens is 1. The van der Waals surface area contributed by atoms with Gasteiger partial charge in [-0.15, -0.1) is 11.6 Å². The van der Waals surface area contributed by atoms with Crippen molar-refractivity contribution in [1.29, 1.82) is 0 Å². The minimum Gasteiger partial charge on any atom is -0.354 e. The SMILES string of the molecule is CCC(C)(CC)CNC(=O)[C@H](C)Cl. The maximum absolute atomic E-state index is 11.2. The maximum atomic E-state index is 11.2. The molecule has 0 aliphatic rings. The van der Waals surface area contributed by atoms with Crippen LogP contribution in [0.25, 0.3) is 0 Å². The van der Waals surface area contributed by atoms with E-state index >= 15 is 0 Å². The highest BCUT2D eigenvalue weighted by atomic mass is 35.5. The van der Waals surface area contributed by atoms with Gasteiger partial charge in [0.15, 0.2) is 0 Å². The van der Waals surface area contributed by atoms with Gasteiger partial charge in [0.05, 0.1) is 0 Å². The quantitative estimate of drug-likeness (QED) is 0.687. The second kappa shape index (κ2) is 5.48. The highest BCUT2D eigenvalue weighted by molar-refractivity contribution is 6.30. The molecule has 13 heavy (non-hydrogen) atoms. The van der Waals surface area contributed by atoms with E-state index in [-0.39, 0.29) is 11.3 Å². The molecule has 0 fully saturated rings. The zero-order valence-electron chi connectivity index (χ0n) is 8.98. The summed E-state index contributed by atoms with van der Waals surface area (Å²) >= 11 is 5.63. The third-order valence-corrected chi connectivity index (χ3v) is 2.96. The molecule has 0 aliphatic carbocycles. The Morgan fingerprint density at radius 1 is 1.46 bits per heavy atom. The Labute approximate surface area is 86.0 Å². The lowest BCUT2D eigenvalue weighted by Gasteiger charge is -2.27. The van der Waals surface area contributed by atoms with Crippen molar-refractivity contribution in [2.45, 2.75) is 45.9 Å². The lowest BCUT2D eigenvalue weighted by atomic mass is 9.85. The Bertz CT molecular complexity index is 164. The summed E-state index contributed by atoms with van der Waals surface area (Å²) in [7, 11) is 0. The van der Waals surface area contributed by atoms with Crippen LogP contribution in [0.1, 0.15) is 40.5 Å². The molecule has 2 nitrogen and oxygen atoms in total. The van der Waals surface area contributed by atoms with Gasteiger partial charge >= 0.3 is 0 Å². The molecule has 1 amide bonds.